The number of carboxylic acid groups (broad SMARTS) is 1. The van der Waals surface area contributed by atoms with E-state index >= 15 is 0 Å². The molecule has 8 heteroatoms. The zero-order chi connectivity index (χ0) is 16.9. The summed E-state index contributed by atoms with van der Waals surface area (Å²) in [5, 5.41) is 9.27. The predicted molar refractivity (Wildman–Crippen MR) is 81.4 cm³/mol. The van der Waals surface area contributed by atoms with Crippen LogP contribution in [-0.2, 0) is 23.9 Å². The van der Waals surface area contributed by atoms with E-state index in [-0.39, 0.29) is 24.0 Å². The van der Waals surface area contributed by atoms with E-state index in [1.165, 1.54) is 26.0 Å². The van der Waals surface area contributed by atoms with Crippen molar-refractivity contribution in [3.63, 3.8) is 0 Å². The Bertz CT molecular complexity index is 437. The van der Waals surface area contributed by atoms with Gasteiger partial charge in [-0.1, -0.05) is 18.7 Å². The second kappa shape index (κ2) is 7.94. The van der Waals surface area contributed by atoms with Gasteiger partial charge in [0.1, 0.15) is 6.04 Å². The Hall–Kier alpha value is -1.12. The molecule has 1 amide bonds. The summed E-state index contributed by atoms with van der Waals surface area (Å²) in [6.07, 6.45) is 0.659. The zero-order valence-corrected chi connectivity index (χ0v) is 14.1. The second-order valence-corrected chi connectivity index (χ2v) is 6.58. The van der Waals surface area contributed by atoms with Crippen molar-refractivity contribution in [3.05, 3.63) is 0 Å². The van der Waals surface area contributed by atoms with Gasteiger partial charge in [-0.05, 0) is 6.42 Å². The van der Waals surface area contributed by atoms with Gasteiger partial charge >= 0.3 is 5.97 Å². The quantitative estimate of drug-likeness (QED) is 0.724. The minimum absolute atomic E-state index is 0.0604. The molecule has 0 aromatic heterocycles. The Balaban J connectivity index is 2.89. The second-order valence-electron chi connectivity index (χ2n) is 5.38. The summed E-state index contributed by atoms with van der Waals surface area (Å²) in [6, 6.07) is -0.893. The van der Waals surface area contributed by atoms with Crippen LogP contribution in [0.3, 0.4) is 0 Å². The van der Waals surface area contributed by atoms with Crippen molar-refractivity contribution >= 4 is 28.8 Å². The minimum Gasteiger partial charge on any atom is -0.480 e. The van der Waals surface area contributed by atoms with Crippen LogP contribution in [0.4, 0.5) is 0 Å². The number of methoxy groups -OCH3 is 2. The topological polar surface area (TPSA) is 93.1 Å². The summed E-state index contributed by atoms with van der Waals surface area (Å²) in [5.41, 5.74) is 0. The Morgan fingerprint density at radius 1 is 1.36 bits per heavy atom. The number of carbonyl (C=O) groups is 3. The van der Waals surface area contributed by atoms with Crippen LogP contribution in [0.15, 0.2) is 0 Å². The summed E-state index contributed by atoms with van der Waals surface area (Å²) in [7, 11) is 2.95. The lowest BCUT2D eigenvalue weighted by Gasteiger charge is -2.44. The summed E-state index contributed by atoms with van der Waals surface area (Å²) in [4.78, 5) is 36.3. The molecule has 22 heavy (non-hydrogen) atoms. The van der Waals surface area contributed by atoms with E-state index in [0.29, 0.717) is 12.2 Å². The lowest BCUT2D eigenvalue weighted by molar-refractivity contribution is -0.239. The van der Waals surface area contributed by atoms with E-state index in [2.05, 4.69) is 0 Å². The molecule has 1 aliphatic heterocycles. The van der Waals surface area contributed by atoms with Crippen LogP contribution in [0.1, 0.15) is 26.7 Å². The van der Waals surface area contributed by atoms with Crippen LogP contribution < -0.4 is 0 Å². The average molecular weight is 333 g/mol. The molecule has 1 fully saturated rings. The summed E-state index contributed by atoms with van der Waals surface area (Å²) < 4.78 is 10.7. The number of likely N-dealkylation sites (tertiary alicyclic amines) is 1. The number of carboxylic acids is 1. The lowest BCUT2D eigenvalue weighted by atomic mass is 9.95. The standard InChI is InChI=1S/C14H23NO6S/c1-9(7-22-10(2)16)12(17)15-8-14(20-3,21-4)6-5-11(15)13(18)19/h9,11H,5-8H2,1-4H3,(H,18,19)/t9?,11-/m0/s1. The fourth-order valence-corrected chi connectivity index (χ4v) is 3.09. The zero-order valence-electron chi connectivity index (χ0n) is 13.3. The maximum atomic E-state index is 12.6. The van der Waals surface area contributed by atoms with Gasteiger partial charge in [-0.2, -0.15) is 0 Å². The highest BCUT2D eigenvalue weighted by Gasteiger charge is 2.45. The van der Waals surface area contributed by atoms with E-state index in [0.717, 1.165) is 11.8 Å². The van der Waals surface area contributed by atoms with E-state index in [1.807, 2.05) is 0 Å². The molecule has 1 N–H and O–H groups in total. The first-order chi connectivity index (χ1) is 10.3. The Labute approximate surface area is 134 Å². The third kappa shape index (κ3) is 4.44. The third-order valence-electron chi connectivity index (χ3n) is 3.86. The molecule has 0 spiro atoms. The van der Waals surface area contributed by atoms with Crippen LogP contribution in [0, 0.1) is 5.92 Å². The van der Waals surface area contributed by atoms with Crippen molar-refractivity contribution < 1.29 is 29.0 Å². The number of ether oxygens (including phenoxy) is 2. The van der Waals surface area contributed by atoms with Crippen molar-refractivity contribution in [2.24, 2.45) is 5.92 Å². The van der Waals surface area contributed by atoms with Crippen molar-refractivity contribution in [3.8, 4) is 0 Å². The van der Waals surface area contributed by atoms with Gasteiger partial charge in [0.15, 0.2) is 10.9 Å². The number of thioether (sulfide) groups is 1. The predicted octanol–water partition coefficient (Wildman–Crippen LogP) is 0.967. The molecule has 0 aromatic rings. The van der Waals surface area contributed by atoms with Gasteiger partial charge in [0.2, 0.25) is 5.91 Å². The molecule has 1 rings (SSSR count). The molecule has 2 atom stereocenters. The van der Waals surface area contributed by atoms with E-state index in [9.17, 15) is 19.5 Å². The summed E-state index contributed by atoms with van der Waals surface area (Å²) >= 11 is 1.06. The maximum absolute atomic E-state index is 12.6. The minimum atomic E-state index is -1.04. The Morgan fingerprint density at radius 3 is 2.41 bits per heavy atom. The van der Waals surface area contributed by atoms with Crippen LogP contribution in [0.25, 0.3) is 0 Å². The molecular formula is C14H23NO6S. The molecule has 7 nitrogen and oxygen atoms in total. The Morgan fingerprint density at radius 2 is 1.95 bits per heavy atom. The molecule has 0 bridgehead atoms. The number of carbonyl (C=O) groups excluding carboxylic acids is 2. The van der Waals surface area contributed by atoms with Crippen molar-refractivity contribution in [1.29, 1.82) is 0 Å². The number of amides is 1. The van der Waals surface area contributed by atoms with Crippen LogP contribution >= 0.6 is 11.8 Å². The molecule has 1 saturated heterocycles. The normalized spacial score (nSPS) is 22.2. The van der Waals surface area contributed by atoms with Gasteiger partial charge in [0, 0.05) is 39.2 Å². The monoisotopic (exact) mass is 333 g/mol. The summed E-state index contributed by atoms with van der Waals surface area (Å²) in [5.74, 6) is -2.46. The highest BCUT2D eigenvalue weighted by atomic mass is 32.2. The maximum Gasteiger partial charge on any atom is 0.326 e. The van der Waals surface area contributed by atoms with Gasteiger partial charge in [-0.25, -0.2) is 4.79 Å². The van der Waals surface area contributed by atoms with Gasteiger partial charge in [0.05, 0.1) is 6.54 Å². The number of hydrogen-bond acceptors (Lipinski definition) is 6. The SMILES string of the molecule is COC1(OC)CC[C@@H](C(=O)O)N(C(=O)C(C)CSC(C)=O)C1. The van der Waals surface area contributed by atoms with Gasteiger partial charge < -0.3 is 19.5 Å². The molecule has 0 aromatic carbocycles. The van der Waals surface area contributed by atoms with Crippen molar-refractivity contribution in [2.45, 2.75) is 38.5 Å². The van der Waals surface area contributed by atoms with Crippen molar-refractivity contribution in [1.82, 2.24) is 4.90 Å². The van der Waals surface area contributed by atoms with E-state index in [1.54, 1.807) is 6.92 Å². The van der Waals surface area contributed by atoms with Crippen molar-refractivity contribution in [2.75, 3.05) is 26.5 Å². The average Bonchev–Trinajstić information content (AvgIpc) is 2.50. The highest BCUT2D eigenvalue weighted by Crippen LogP contribution is 2.30. The largest absolute Gasteiger partial charge is 0.480 e. The first-order valence-electron chi connectivity index (χ1n) is 7.03. The smallest absolute Gasteiger partial charge is 0.326 e. The van der Waals surface area contributed by atoms with Crippen LogP contribution in [0.5, 0.6) is 0 Å². The van der Waals surface area contributed by atoms with Gasteiger partial charge in [-0.3, -0.25) is 9.59 Å². The molecule has 0 aliphatic carbocycles. The molecule has 1 unspecified atom stereocenters. The summed E-state index contributed by atoms with van der Waals surface area (Å²) in [6.45, 7) is 3.18. The Kier molecular flexibility index (Phi) is 6.83. The van der Waals surface area contributed by atoms with E-state index in [4.69, 9.17) is 9.47 Å². The van der Waals surface area contributed by atoms with E-state index < -0.39 is 23.7 Å². The first kappa shape index (κ1) is 18.9. The molecular weight excluding hydrogens is 310 g/mol. The highest BCUT2D eigenvalue weighted by molar-refractivity contribution is 8.13. The fourth-order valence-electron chi connectivity index (χ4n) is 2.46. The van der Waals surface area contributed by atoms with Gasteiger partial charge in [0.25, 0.3) is 0 Å². The van der Waals surface area contributed by atoms with Gasteiger partial charge in [-0.15, -0.1) is 0 Å². The van der Waals surface area contributed by atoms with Crippen LogP contribution in [0.2, 0.25) is 0 Å². The molecule has 1 aliphatic rings. The number of hydrogen-bond donors (Lipinski definition) is 1. The lowest BCUT2D eigenvalue weighted by Crippen LogP contribution is -2.59. The third-order valence-corrected chi connectivity index (χ3v) is 4.93. The molecule has 0 radical (unpaired) electrons. The number of rotatable bonds is 6. The number of piperidine rings is 1. The molecule has 1 heterocycles. The van der Waals surface area contributed by atoms with Crippen LogP contribution in [-0.4, -0.2) is 65.3 Å². The number of nitrogens with zero attached hydrogens (tertiary/aromatic N) is 1. The fraction of sp³-hybridized carbons (Fsp3) is 0.786. The first-order valence-corrected chi connectivity index (χ1v) is 8.02. The number of aliphatic carboxylic acids is 1. The molecule has 126 valence electrons. The molecule has 0 saturated carbocycles.